The predicted octanol–water partition coefficient (Wildman–Crippen LogP) is 12.5. The normalized spacial score (nSPS) is 11.9. The maximum Gasteiger partial charge on any atom is 0.238 e. The van der Waals surface area contributed by atoms with Crippen LogP contribution in [0.5, 0.6) is 0 Å². The molecule has 0 atom stereocenters. The summed E-state index contributed by atoms with van der Waals surface area (Å²) < 4.78 is 7.09. The van der Waals surface area contributed by atoms with Crippen molar-refractivity contribution in [2.45, 2.75) is 0 Å². The van der Waals surface area contributed by atoms with E-state index in [9.17, 15) is 0 Å². The Kier molecular flexibility index (Phi) is 6.83. The van der Waals surface area contributed by atoms with E-state index in [0.717, 1.165) is 87.9 Å². The minimum absolute atomic E-state index is 0.566. The van der Waals surface area contributed by atoms with Gasteiger partial charge in [-0.1, -0.05) is 146 Å². The van der Waals surface area contributed by atoms with Gasteiger partial charge in [0.05, 0.1) is 33.1 Å². The maximum absolute atomic E-state index is 5.40. The monoisotopic (exact) mass is 728 g/mol. The van der Waals surface area contributed by atoms with Crippen molar-refractivity contribution < 1.29 is 0 Å². The summed E-state index contributed by atoms with van der Waals surface area (Å²) in [5.74, 6) is 1.80. The Hall–Kier alpha value is -7.83. The van der Waals surface area contributed by atoms with Crippen molar-refractivity contribution in [3.8, 4) is 40.1 Å². The van der Waals surface area contributed by atoms with Gasteiger partial charge in [-0.05, 0) is 48.5 Å². The van der Waals surface area contributed by atoms with E-state index in [4.69, 9.17) is 15.0 Å². The Morgan fingerprint density at radius 2 is 0.667 bits per heavy atom. The van der Waals surface area contributed by atoms with E-state index in [0.29, 0.717) is 17.6 Å². The van der Waals surface area contributed by atoms with E-state index in [1.54, 1.807) is 0 Å². The SMILES string of the molecule is c1ccc(-c2nc(-c3ccccc3)nc(-n3c4c(ccc5c4c4ccccc4n5-c4ccccc4)c4ccc5c(c6ccccc6n5-c5ccccc5)c43)n2)cc1. The molecule has 0 unspecified atom stereocenters. The number of aromatic nitrogens is 6. The van der Waals surface area contributed by atoms with Crippen LogP contribution in [-0.2, 0) is 0 Å². The zero-order valence-electron chi connectivity index (χ0n) is 30.7. The van der Waals surface area contributed by atoms with Gasteiger partial charge in [-0.3, -0.25) is 4.57 Å². The standard InChI is InChI=1S/C51H32N6/c1-5-17-33(18-6-1)49-52-50(34-19-7-2-8-20-34)54-51(53-49)57-47-37(29-31-43-45(47)39-25-13-15-27-41(39)55(43)35-21-9-3-10-22-35)38-30-32-44-46(48(38)57)40-26-14-16-28-42(40)56(44)36-23-11-4-12-24-36/h1-32H. The fourth-order valence-electron chi connectivity index (χ4n) is 8.90. The molecule has 0 radical (unpaired) electrons. The number of benzene rings is 8. The fourth-order valence-corrected chi connectivity index (χ4v) is 8.90. The van der Waals surface area contributed by atoms with E-state index in [2.05, 4.69) is 171 Å². The molecule has 8 aromatic carbocycles. The molecule has 0 amide bonds. The van der Waals surface area contributed by atoms with Gasteiger partial charge in [-0.2, -0.15) is 9.97 Å². The van der Waals surface area contributed by atoms with Gasteiger partial charge in [0.1, 0.15) is 0 Å². The smallest absolute Gasteiger partial charge is 0.238 e. The van der Waals surface area contributed by atoms with Crippen LogP contribution in [0.4, 0.5) is 0 Å². The predicted molar refractivity (Wildman–Crippen MR) is 234 cm³/mol. The number of rotatable bonds is 5. The maximum atomic E-state index is 5.40. The lowest BCUT2D eigenvalue weighted by Crippen LogP contribution is -2.07. The molecule has 0 spiro atoms. The van der Waals surface area contributed by atoms with Gasteiger partial charge in [0.2, 0.25) is 5.95 Å². The average Bonchev–Trinajstić information content (AvgIpc) is 3.93. The van der Waals surface area contributed by atoms with Crippen molar-refractivity contribution in [2.75, 3.05) is 0 Å². The Morgan fingerprint density at radius 1 is 0.281 bits per heavy atom. The lowest BCUT2D eigenvalue weighted by Gasteiger charge is -2.12. The number of nitrogens with zero attached hydrogens (tertiary/aromatic N) is 6. The minimum atomic E-state index is 0.566. The van der Waals surface area contributed by atoms with Crippen LogP contribution >= 0.6 is 0 Å². The largest absolute Gasteiger partial charge is 0.309 e. The fraction of sp³-hybridized carbons (Fsp3) is 0. The molecule has 0 aliphatic heterocycles. The molecule has 266 valence electrons. The summed E-state index contributed by atoms with van der Waals surface area (Å²) in [6.45, 7) is 0. The molecule has 4 heterocycles. The Bertz CT molecular complexity index is 3260. The summed E-state index contributed by atoms with van der Waals surface area (Å²) in [5.41, 5.74) is 10.7. The molecule has 57 heavy (non-hydrogen) atoms. The lowest BCUT2D eigenvalue weighted by atomic mass is 10.1. The molecule has 0 fully saturated rings. The first-order valence-corrected chi connectivity index (χ1v) is 19.2. The third-order valence-electron chi connectivity index (χ3n) is 11.3. The van der Waals surface area contributed by atoms with Gasteiger partial charge in [0, 0.05) is 54.8 Å². The molecule has 12 aromatic rings. The first-order chi connectivity index (χ1) is 28.3. The number of fused-ring (bicyclic) bond motifs is 11. The highest BCUT2D eigenvalue weighted by molar-refractivity contribution is 6.31. The second kappa shape index (κ2) is 12.3. The second-order valence-corrected chi connectivity index (χ2v) is 14.4. The molecular weight excluding hydrogens is 697 g/mol. The zero-order chi connectivity index (χ0) is 37.5. The summed E-state index contributed by atoms with van der Waals surface area (Å²) in [6.07, 6.45) is 0. The van der Waals surface area contributed by atoms with Crippen molar-refractivity contribution in [1.29, 1.82) is 0 Å². The van der Waals surface area contributed by atoms with E-state index in [-0.39, 0.29) is 0 Å². The molecule has 6 heteroatoms. The molecule has 0 bridgehead atoms. The van der Waals surface area contributed by atoms with Crippen molar-refractivity contribution in [3.05, 3.63) is 194 Å². The molecule has 0 aliphatic carbocycles. The highest BCUT2D eigenvalue weighted by Crippen LogP contribution is 2.46. The highest BCUT2D eigenvalue weighted by atomic mass is 15.2. The first kappa shape index (κ1) is 31.5. The summed E-state index contributed by atoms with van der Waals surface area (Å²) in [4.78, 5) is 15.9. The van der Waals surface area contributed by atoms with Crippen LogP contribution in [0.1, 0.15) is 0 Å². The molecule has 4 aromatic heterocycles. The van der Waals surface area contributed by atoms with Gasteiger partial charge in [0.25, 0.3) is 0 Å². The van der Waals surface area contributed by atoms with Gasteiger partial charge in [0.15, 0.2) is 11.6 Å². The van der Waals surface area contributed by atoms with Crippen molar-refractivity contribution in [2.24, 2.45) is 0 Å². The van der Waals surface area contributed by atoms with Crippen LogP contribution in [0.2, 0.25) is 0 Å². The number of hydrogen-bond donors (Lipinski definition) is 0. The Morgan fingerprint density at radius 3 is 1.11 bits per heavy atom. The quantitative estimate of drug-likeness (QED) is 0.177. The molecular formula is C51H32N6. The third kappa shape index (κ3) is 4.68. The van der Waals surface area contributed by atoms with Crippen molar-refractivity contribution >= 4 is 65.4 Å². The average molecular weight is 729 g/mol. The molecule has 0 saturated heterocycles. The molecule has 0 saturated carbocycles. The van der Waals surface area contributed by atoms with E-state index >= 15 is 0 Å². The topological polar surface area (TPSA) is 53.5 Å². The van der Waals surface area contributed by atoms with Crippen molar-refractivity contribution in [3.63, 3.8) is 0 Å². The van der Waals surface area contributed by atoms with E-state index in [1.165, 1.54) is 0 Å². The van der Waals surface area contributed by atoms with Crippen LogP contribution in [-0.4, -0.2) is 28.7 Å². The lowest BCUT2D eigenvalue weighted by molar-refractivity contribution is 0.957. The third-order valence-corrected chi connectivity index (χ3v) is 11.3. The van der Waals surface area contributed by atoms with Gasteiger partial charge in [-0.25, -0.2) is 4.98 Å². The summed E-state index contributed by atoms with van der Waals surface area (Å²) >= 11 is 0. The van der Waals surface area contributed by atoms with Gasteiger partial charge < -0.3 is 9.13 Å². The molecule has 0 N–H and O–H groups in total. The molecule has 0 aliphatic rings. The zero-order valence-corrected chi connectivity index (χ0v) is 30.7. The summed E-state index contributed by atoms with van der Waals surface area (Å²) in [6, 6.07) is 68.3. The first-order valence-electron chi connectivity index (χ1n) is 19.2. The van der Waals surface area contributed by atoms with Crippen LogP contribution in [0, 0.1) is 0 Å². The Balaban J connectivity index is 1.33. The van der Waals surface area contributed by atoms with Gasteiger partial charge >= 0.3 is 0 Å². The second-order valence-electron chi connectivity index (χ2n) is 14.4. The number of hydrogen-bond acceptors (Lipinski definition) is 3. The summed E-state index contributed by atoms with van der Waals surface area (Å²) in [5, 5.41) is 6.88. The van der Waals surface area contributed by atoms with E-state index in [1.807, 2.05) is 36.4 Å². The van der Waals surface area contributed by atoms with Crippen LogP contribution in [0.25, 0.3) is 106 Å². The molecule has 6 nitrogen and oxygen atoms in total. The molecule has 12 rings (SSSR count). The van der Waals surface area contributed by atoms with Crippen LogP contribution in [0.15, 0.2) is 194 Å². The Labute approximate surface area is 327 Å². The van der Waals surface area contributed by atoms with Crippen LogP contribution < -0.4 is 0 Å². The van der Waals surface area contributed by atoms with E-state index < -0.39 is 0 Å². The van der Waals surface area contributed by atoms with Crippen molar-refractivity contribution in [1.82, 2.24) is 28.7 Å². The minimum Gasteiger partial charge on any atom is -0.309 e. The summed E-state index contributed by atoms with van der Waals surface area (Å²) in [7, 11) is 0. The number of para-hydroxylation sites is 4. The van der Waals surface area contributed by atoms with Gasteiger partial charge in [-0.15, -0.1) is 0 Å². The highest BCUT2D eigenvalue weighted by Gasteiger charge is 2.26. The van der Waals surface area contributed by atoms with Crippen LogP contribution in [0.3, 0.4) is 0 Å².